The van der Waals surface area contributed by atoms with Crippen molar-refractivity contribution in [2.75, 3.05) is 6.54 Å². The minimum Gasteiger partial charge on any atom is -0.454 e. The van der Waals surface area contributed by atoms with Gasteiger partial charge in [-0.1, -0.05) is 30.5 Å². The summed E-state index contributed by atoms with van der Waals surface area (Å²) in [4.78, 5) is 28.7. The van der Waals surface area contributed by atoms with Gasteiger partial charge >= 0.3 is 5.97 Å². The molecule has 1 amide bonds. The molecule has 1 fully saturated rings. The fraction of sp³-hybridized carbons (Fsp3) is 0.500. The average Bonchev–Trinajstić information content (AvgIpc) is 3.29. The molecule has 0 aromatic carbocycles. The van der Waals surface area contributed by atoms with E-state index in [1.54, 1.807) is 0 Å². The summed E-state index contributed by atoms with van der Waals surface area (Å²) in [6.07, 6.45) is 5.13. The summed E-state index contributed by atoms with van der Waals surface area (Å²) in [5.74, 6) is 0.141. The summed E-state index contributed by atoms with van der Waals surface area (Å²) in [5.41, 5.74) is 0. The quantitative estimate of drug-likeness (QED) is 0.805. The molecule has 128 valence electrons. The maximum atomic E-state index is 12.0. The van der Waals surface area contributed by atoms with Crippen LogP contribution in [-0.2, 0) is 20.9 Å². The Morgan fingerprint density at radius 3 is 2.92 bits per heavy atom. The molecule has 0 saturated heterocycles. The van der Waals surface area contributed by atoms with Gasteiger partial charge in [-0.2, -0.15) is 4.98 Å². The van der Waals surface area contributed by atoms with Crippen molar-refractivity contribution >= 4 is 23.2 Å². The number of ether oxygens (including phenoxy) is 1. The van der Waals surface area contributed by atoms with Crippen molar-refractivity contribution < 1.29 is 18.8 Å². The molecule has 8 heteroatoms. The smallest absolute Gasteiger partial charge is 0.325 e. The first-order valence-electron chi connectivity index (χ1n) is 8.02. The molecular formula is C16H19N3O4S. The van der Waals surface area contributed by atoms with Gasteiger partial charge in [0.2, 0.25) is 11.7 Å². The molecule has 0 unspecified atom stereocenters. The molecule has 1 N–H and O–H groups in total. The number of thiophene rings is 1. The van der Waals surface area contributed by atoms with Crippen LogP contribution in [0.5, 0.6) is 0 Å². The molecule has 1 aliphatic rings. The summed E-state index contributed by atoms with van der Waals surface area (Å²) < 4.78 is 10.1. The van der Waals surface area contributed by atoms with Crippen molar-refractivity contribution in [3.05, 3.63) is 23.4 Å². The third kappa shape index (κ3) is 4.41. The third-order valence-electron chi connectivity index (χ3n) is 3.95. The van der Waals surface area contributed by atoms with Crippen LogP contribution in [0.3, 0.4) is 0 Å². The van der Waals surface area contributed by atoms with Crippen molar-refractivity contribution in [2.45, 2.75) is 38.7 Å². The van der Waals surface area contributed by atoms with Crippen molar-refractivity contribution in [3.63, 3.8) is 0 Å². The lowest BCUT2D eigenvalue weighted by atomic mass is 9.89. The largest absolute Gasteiger partial charge is 0.454 e. The van der Waals surface area contributed by atoms with Crippen molar-refractivity contribution in [1.29, 1.82) is 0 Å². The minimum atomic E-state index is -0.518. The van der Waals surface area contributed by atoms with Gasteiger partial charge in [0, 0.05) is 5.92 Å². The van der Waals surface area contributed by atoms with Crippen LogP contribution in [0, 0.1) is 5.92 Å². The van der Waals surface area contributed by atoms with Gasteiger partial charge in [0.25, 0.3) is 5.89 Å². The molecule has 2 aromatic rings. The van der Waals surface area contributed by atoms with E-state index in [0.717, 1.165) is 30.6 Å². The SMILES string of the molecule is O=C(CNC(=O)C1CCCCC1)OCc1nc(-c2cccs2)no1. The number of carbonyl (C=O) groups excluding carboxylic acids is 2. The number of hydrogen-bond donors (Lipinski definition) is 1. The Kier molecular flexibility index (Phi) is 5.58. The maximum Gasteiger partial charge on any atom is 0.325 e. The van der Waals surface area contributed by atoms with E-state index in [4.69, 9.17) is 9.26 Å². The van der Waals surface area contributed by atoms with E-state index in [1.165, 1.54) is 17.8 Å². The fourth-order valence-electron chi connectivity index (χ4n) is 2.68. The summed E-state index contributed by atoms with van der Waals surface area (Å²) in [6, 6.07) is 3.77. The molecule has 1 aliphatic carbocycles. The average molecular weight is 349 g/mol. The predicted octanol–water partition coefficient (Wildman–Crippen LogP) is 2.54. The number of nitrogens with one attached hydrogen (secondary N) is 1. The van der Waals surface area contributed by atoms with E-state index in [0.29, 0.717) is 5.82 Å². The molecule has 0 atom stereocenters. The number of rotatable bonds is 6. The highest BCUT2D eigenvalue weighted by Gasteiger charge is 2.21. The van der Waals surface area contributed by atoms with Crippen LogP contribution >= 0.6 is 11.3 Å². The van der Waals surface area contributed by atoms with E-state index < -0.39 is 5.97 Å². The molecule has 0 bridgehead atoms. The number of aromatic nitrogens is 2. The first-order chi connectivity index (χ1) is 11.7. The second-order valence-corrected chi connectivity index (χ2v) is 6.65. The molecule has 2 aromatic heterocycles. The lowest BCUT2D eigenvalue weighted by molar-refractivity contribution is -0.146. The van der Waals surface area contributed by atoms with E-state index in [1.807, 2.05) is 17.5 Å². The Morgan fingerprint density at radius 1 is 1.33 bits per heavy atom. The fourth-order valence-corrected chi connectivity index (χ4v) is 3.33. The molecular weight excluding hydrogens is 330 g/mol. The number of nitrogens with zero attached hydrogens (tertiary/aromatic N) is 2. The van der Waals surface area contributed by atoms with Gasteiger partial charge in [-0.15, -0.1) is 11.3 Å². The second kappa shape index (κ2) is 8.05. The summed E-state index contributed by atoms with van der Waals surface area (Å²) in [7, 11) is 0. The third-order valence-corrected chi connectivity index (χ3v) is 4.82. The molecule has 0 spiro atoms. The van der Waals surface area contributed by atoms with Crippen molar-refractivity contribution in [3.8, 4) is 10.7 Å². The Balaban J connectivity index is 1.40. The standard InChI is InChI=1S/C16H19N3O4S/c20-14(9-17-16(21)11-5-2-1-3-6-11)22-10-13-18-15(19-23-13)12-7-4-8-24-12/h4,7-8,11H,1-3,5-6,9-10H2,(H,17,21). The highest BCUT2D eigenvalue weighted by Crippen LogP contribution is 2.23. The minimum absolute atomic E-state index is 0.0239. The Labute approximate surface area is 143 Å². The molecule has 2 heterocycles. The lowest BCUT2D eigenvalue weighted by Crippen LogP contribution is -2.36. The van der Waals surface area contributed by atoms with Crippen LogP contribution in [0.15, 0.2) is 22.0 Å². The van der Waals surface area contributed by atoms with Crippen LogP contribution in [0.25, 0.3) is 10.7 Å². The molecule has 0 aliphatic heterocycles. The number of hydrogen-bond acceptors (Lipinski definition) is 7. The maximum absolute atomic E-state index is 12.0. The number of amides is 1. The lowest BCUT2D eigenvalue weighted by Gasteiger charge is -2.20. The first kappa shape index (κ1) is 16.6. The highest BCUT2D eigenvalue weighted by atomic mass is 32.1. The summed E-state index contributed by atoms with van der Waals surface area (Å²) in [6.45, 7) is -0.238. The second-order valence-electron chi connectivity index (χ2n) is 5.70. The molecule has 24 heavy (non-hydrogen) atoms. The van der Waals surface area contributed by atoms with E-state index in [2.05, 4.69) is 15.5 Å². The molecule has 3 rings (SSSR count). The van der Waals surface area contributed by atoms with Gasteiger partial charge in [0.05, 0.1) is 4.88 Å². The molecule has 1 saturated carbocycles. The Morgan fingerprint density at radius 2 is 2.17 bits per heavy atom. The van der Waals surface area contributed by atoms with Crippen LogP contribution in [-0.4, -0.2) is 28.6 Å². The monoisotopic (exact) mass is 349 g/mol. The van der Waals surface area contributed by atoms with Gasteiger partial charge in [-0.25, -0.2) is 0 Å². The van der Waals surface area contributed by atoms with Crippen LogP contribution in [0.1, 0.15) is 38.0 Å². The van der Waals surface area contributed by atoms with Crippen LogP contribution in [0.2, 0.25) is 0 Å². The van der Waals surface area contributed by atoms with Gasteiger partial charge in [-0.3, -0.25) is 9.59 Å². The van der Waals surface area contributed by atoms with Gasteiger partial charge < -0.3 is 14.6 Å². The highest BCUT2D eigenvalue weighted by molar-refractivity contribution is 7.13. The van der Waals surface area contributed by atoms with Gasteiger partial charge in [0.15, 0.2) is 6.61 Å². The van der Waals surface area contributed by atoms with Crippen molar-refractivity contribution in [1.82, 2.24) is 15.5 Å². The Hall–Kier alpha value is -2.22. The zero-order valence-electron chi connectivity index (χ0n) is 13.2. The zero-order valence-corrected chi connectivity index (χ0v) is 14.0. The van der Waals surface area contributed by atoms with Gasteiger partial charge in [0.1, 0.15) is 6.54 Å². The molecule has 7 nitrogen and oxygen atoms in total. The zero-order chi connectivity index (χ0) is 16.8. The number of esters is 1. The van der Waals surface area contributed by atoms with E-state index in [9.17, 15) is 9.59 Å². The predicted molar refractivity (Wildman–Crippen MR) is 87.0 cm³/mol. The summed E-state index contributed by atoms with van der Waals surface area (Å²) >= 11 is 1.50. The van der Waals surface area contributed by atoms with E-state index >= 15 is 0 Å². The normalized spacial score (nSPS) is 15.2. The Bertz CT molecular complexity index is 677. The van der Waals surface area contributed by atoms with Crippen molar-refractivity contribution in [2.24, 2.45) is 5.92 Å². The first-order valence-corrected chi connectivity index (χ1v) is 8.90. The van der Waals surface area contributed by atoms with Crippen LogP contribution in [0.4, 0.5) is 0 Å². The topological polar surface area (TPSA) is 94.3 Å². The number of carbonyl (C=O) groups is 2. The molecule has 0 radical (unpaired) electrons. The van der Waals surface area contributed by atoms with Crippen LogP contribution < -0.4 is 5.32 Å². The summed E-state index contributed by atoms with van der Waals surface area (Å²) in [5, 5.41) is 8.39. The van der Waals surface area contributed by atoms with E-state index in [-0.39, 0.29) is 30.9 Å². The van der Waals surface area contributed by atoms with Gasteiger partial charge in [-0.05, 0) is 24.3 Å².